The van der Waals surface area contributed by atoms with E-state index in [0.29, 0.717) is 28.5 Å². The number of hydrogen-bond donors (Lipinski definition) is 2. The van der Waals surface area contributed by atoms with Gasteiger partial charge in [-0.3, -0.25) is 9.59 Å². The Hall–Kier alpha value is -2.97. The quantitative estimate of drug-likeness (QED) is 0.149. The molecule has 0 radical (unpaired) electrons. The minimum absolute atomic E-state index is 0. The molecule has 2 N–H and O–H groups in total. The van der Waals surface area contributed by atoms with Crippen molar-refractivity contribution < 1.29 is 88.5 Å². The number of rotatable bonds is 13. The largest absolute Gasteiger partial charge is 1.00 e. The average Bonchev–Trinajstić information content (AvgIpc) is 3.25. The van der Waals surface area contributed by atoms with Gasteiger partial charge in [0.05, 0.1) is 17.2 Å². The number of aryl methyl sites for hydroxylation is 2. The molecule has 1 heterocycles. The van der Waals surface area contributed by atoms with Crippen LogP contribution in [-0.4, -0.2) is 61.7 Å². The molecule has 58 heavy (non-hydrogen) atoms. The molecule has 10 nitrogen and oxygen atoms in total. The summed E-state index contributed by atoms with van der Waals surface area (Å²) in [4.78, 5) is 50.0. The molecule has 1 saturated carbocycles. The van der Waals surface area contributed by atoms with E-state index < -0.39 is 5.97 Å². The Kier molecular flexibility index (Phi) is 23.8. The number of piperidine rings is 1. The van der Waals surface area contributed by atoms with Crippen molar-refractivity contribution in [3.05, 3.63) is 119 Å². The summed E-state index contributed by atoms with van der Waals surface area (Å²) >= 11 is 1.73. The van der Waals surface area contributed by atoms with E-state index in [9.17, 15) is 19.5 Å². The number of benzene rings is 4. The van der Waals surface area contributed by atoms with Crippen LogP contribution in [0.1, 0.15) is 101 Å². The Morgan fingerprint density at radius 2 is 1.36 bits per heavy atom. The second-order valence-electron chi connectivity index (χ2n) is 14.1. The number of carboxylic acid groups (broad SMARTS) is 1. The predicted octanol–water partition coefficient (Wildman–Crippen LogP) is 1.04. The Morgan fingerprint density at radius 3 is 1.95 bits per heavy atom. The standard InChI is InChI=1S/C43H50N4O4S.CH3O.CH2O.2Na/c1-3-47(36-22-10-30(2)11-23-36)52-38-9-7-8-34(28-38)41(48)45-40-25-24-37(46-26-5-4-6-27-46)29-39(40)42(49)44-35-20-16-32(17-21-35)13-12-31-14-18-33(19-15-31)43(50)51;2*1-2;;/h7-9,14-21,24-25,28-30,36H,3-6,10-13,22-23,26-27H2,1-2H3,(H,44,49)(H,45,48)(H,50,51);1H3;1H2;;/q;-1;;2*+1/p-1. The van der Waals surface area contributed by atoms with Gasteiger partial charge in [-0.2, -0.15) is 7.11 Å². The van der Waals surface area contributed by atoms with Crippen LogP contribution in [0, 0.1) is 5.92 Å². The van der Waals surface area contributed by atoms with E-state index >= 15 is 0 Å². The minimum Gasteiger partial charge on any atom is -0.857 e. The van der Waals surface area contributed by atoms with Crippen LogP contribution in [0.5, 0.6) is 0 Å². The van der Waals surface area contributed by atoms with Crippen LogP contribution in [0.25, 0.3) is 0 Å². The average molecular weight is 825 g/mol. The molecular formula is C45H54N4Na2O6S. The number of aromatic carboxylic acids is 1. The van der Waals surface area contributed by atoms with E-state index in [1.807, 2.05) is 79.6 Å². The Bertz CT molecular complexity index is 1870. The first-order valence-electron chi connectivity index (χ1n) is 19.4. The molecule has 0 aromatic heterocycles. The number of nitrogens with one attached hydrogen (secondary N) is 2. The first kappa shape index (κ1) is 51.2. The minimum atomic E-state index is -1.18. The zero-order valence-electron chi connectivity index (χ0n) is 34.8. The fourth-order valence-corrected chi connectivity index (χ4v) is 8.26. The third-order valence-electron chi connectivity index (χ3n) is 10.3. The van der Waals surface area contributed by atoms with Crippen LogP contribution in [-0.2, 0) is 17.6 Å². The molecule has 6 rings (SSSR count). The van der Waals surface area contributed by atoms with Gasteiger partial charge >= 0.3 is 59.1 Å². The van der Waals surface area contributed by atoms with Crippen molar-refractivity contribution in [2.24, 2.45) is 5.92 Å². The van der Waals surface area contributed by atoms with Gasteiger partial charge in [0.1, 0.15) is 6.79 Å². The first-order valence-corrected chi connectivity index (χ1v) is 20.2. The monoisotopic (exact) mass is 824 g/mol. The molecule has 2 amide bonds. The molecule has 2 aliphatic rings. The molecule has 0 spiro atoms. The van der Waals surface area contributed by atoms with Gasteiger partial charge in [0.15, 0.2) is 0 Å². The summed E-state index contributed by atoms with van der Waals surface area (Å²) < 4.78 is 2.46. The second-order valence-corrected chi connectivity index (χ2v) is 15.3. The summed E-state index contributed by atoms with van der Waals surface area (Å²) in [6.07, 6.45) is 9.87. The molecule has 4 aromatic carbocycles. The van der Waals surface area contributed by atoms with E-state index in [-0.39, 0.29) is 76.5 Å². The van der Waals surface area contributed by atoms with Crippen LogP contribution in [0.2, 0.25) is 0 Å². The molecule has 0 unspecified atom stereocenters. The van der Waals surface area contributed by atoms with Gasteiger partial charge in [-0.25, -0.2) is 4.31 Å². The molecule has 1 aliphatic heterocycles. The van der Waals surface area contributed by atoms with Gasteiger partial charge in [-0.1, -0.05) is 56.3 Å². The van der Waals surface area contributed by atoms with E-state index in [0.717, 1.165) is 80.1 Å². The molecule has 1 saturated heterocycles. The van der Waals surface area contributed by atoms with Crippen LogP contribution in [0.4, 0.5) is 17.1 Å². The van der Waals surface area contributed by atoms with Crippen molar-refractivity contribution >= 4 is 53.6 Å². The Morgan fingerprint density at radius 1 is 0.759 bits per heavy atom. The number of amides is 2. The topological polar surface area (TPSA) is 145 Å². The Balaban J connectivity index is 0.00000188. The van der Waals surface area contributed by atoms with E-state index in [1.165, 1.54) is 32.1 Å². The number of nitrogens with zero attached hydrogens (tertiary/aromatic N) is 2. The fraction of sp³-hybridized carbons (Fsp3) is 0.378. The molecule has 4 aromatic rings. The predicted molar refractivity (Wildman–Crippen MR) is 222 cm³/mol. The van der Waals surface area contributed by atoms with Gasteiger partial charge in [0.2, 0.25) is 0 Å². The van der Waals surface area contributed by atoms with Crippen molar-refractivity contribution in [1.29, 1.82) is 0 Å². The molecule has 0 atom stereocenters. The number of carbonyl (C=O) groups excluding carboxylic acids is 4. The smallest absolute Gasteiger partial charge is 0.857 e. The maximum absolute atomic E-state index is 13.9. The molecule has 1 aliphatic carbocycles. The maximum atomic E-state index is 13.9. The maximum Gasteiger partial charge on any atom is 1.00 e. The number of carbonyl (C=O) groups is 4. The zero-order chi connectivity index (χ0) is 40.5. The fourth-order valence-electron chi connectivity index (χ4n) is 7.18. The summed E-state index contributed by atoms with van der Waals surface area (Å²) in [7, 11) is 0.750. The summed E-state index contributed by atoms with van der Waals surface area (Å²) in [6.45, 7) is 9.35. The summed E-state index contributed by atoms with van der Waals surface area (Å²) in [5.74, 6) is -0.934. The van der Waals surface area contributed by atoms with Crippen molar-refractivity contribution in [2.45, 2.75) is 82.6 Å². The zero-order valence-corrected chi connectivity index (χ0v) is 39.6. The van der Waals surface area contributed by atoms with Gasteiger partial charge in [-0.15, -0.1) is 0 Å². The van der Waals surface area contributed by atoms with Gasteiger partial charge < -0.3 is 35.3 Å². The van der Waals surface area contributed by atoms with Gasteiger partial charge in [-0.05, 0) is 141 Å². The Labute approximate surface area is 392 Å². The normalized spacial score (nSPS) is 15.8. The molecular weight excluding hydrogens is 771 g/mol. The number of carboxylic acids is 1. The van der Waals surface area contributed by atoms with Crippen LogP contribution in [0.3, 0.4) is 0 Å². The summed E-state index contributed by atoms with van der Waals surface area (Å²) in [6, 6.07) is 28.5. The van der Waals surface area contributed by atoms with Crippen LogP contribution in [0.15, 0.2) is 95.9 Å². The van der Waals surface area contributed by atoms with Gasteiger partial charge in [0, 0.05) is 47.5 Å². The molecule has 298 valence electrons. The third kappa shape index (κ3) is 15.2. The van der Waals surface area contributed by atoms with Crippen molar-refractivity contribution in [1.82, 2.24) is 4.31 Å². The van der Waals surface area contributed by atoms with E-state index in [4.69, 9.17) is 9.90 Å². The van der Waals surface area contributed by atoms with Crippen molar-refractivity contribution in [3.63, 3.8) is 0 Å². The van der Waals surface area contributed by atoms with E-state index in [2.05, 4.69) is 39.8 Å². The second kappa shape index (κ2) is 27.0. The third-order valence-corrected chi connectivity index (χ3v) is 11.6. The van der Waals surface area contributed by atoms with Crippen LogP contribution >= 0.6 is 11.9 Å². The van der Waals surface area contributed by atoms with E-state index in [1.54, 1.807) is 24.1 Å². The van der Waals surface area contributed by atoms with Crippen molar-refractivity contribution in [2.75, 3.05) is 42.3 Å². The number of anilines is 3. The SMILES string of the molecule is C=O.CCN(Sc1cccc(C(=O)Nc2ccc(N3CCCCC3)cc2C(=O)Nc2ccc(CCc3ccc(C(=O)[O-])cc3)cc2)c1)C1CCC(C)CC1.C[O-].[Na+].[Na+]. The summed E-state index contributed by atoms with van der Waals surface area (Å²) in [5, 5.41) is 25.4. The number of hydrogen-bond acceptors (Lipinski definition) is 9. The molecule has 0 bridgehead atoms. The van der Waals surface area contributed by atoms with Crippen molar-refractivity contribution in [3.8, 4) is 0 Å². The summed E-state index contributed by atoms with van der Waals surface area (Å²) in [5.41, 5.74) is 5.36. The molecule has 13 heteroatoms. The first-order chi connectivity index (χ1) is 27.2. The molecule has 2 fully saturated rings. The van der Waals surface area contributed by atoms with Gasteiger partial charge in [0.25, 0.3) is 11.8 Å². The van der Waals surface area contributed by atoms with Crippen LogP contribution < -0.4 is 84.9 Å².